The van der Waals surface area contributed by atoms with E-state index in [1.54, 1.807) is 11.1 Å². The molecule has 1 fully saturated rings. The molecule has 0 aliphatic carbocycles. The first-order valence-corrected chi connectivity index (χ1v) is 5.60. The number of ether oxygens (including phenoxy) is 1. The number of urea groups is 1. The van der Waals surface area contributed by atoms with Crippen LogP contribution < -0.4 is 15.8 Å². The maximum atomic E-state index is 11.2. The Morgan fingerprint density at radius 3 is 3.00 bits per heavy atom. The average Bonchev–Trinajstić information content (AvgIpc) is 2.76. The average molecular weight is 236 g/mol. The van der Waals surface area contributed by atoms with Gasteiger partial charge in [-0.25, -0.2) is 4.79 Å². The molecule has 1 aromatic heterocycles. The zero-order chi connectivity index (χ0) is 12.1. The summed E-state index contributed by atoms with van der Waals surface area (Å²) in [6.07, 6.45) is 1.65. The Morgan fingerprint density at radius 2 is 2.41 bits per heavy atom. The number of carbonyl (C=O) groups excluding carboxylic acids is 1. The number of nitrogens with two attached hydrogens (primary N) is 1. The van der Waals surface area contributed by atoms with Gasteiger partial charge in [0.05, 0.1) is 18.4 Å². The molecule has 3 N–H and O–H groups in total. The highest BCUT2D eigenvalue weighted by atomic mass is 16.5. The fourth-order valence-corrected chi connectivity index (χ4v) is 1.62. The van der Waals surface area contributed by atoms with Crippen LogP contribution in [-0.4, -0.2) is 42.2 Å². The van der Waals surface area contributed by atoms with E-state index >= 15 is 0 Å². The Balaban J connectivity index is 1.75. The predicted octanol–water partition coefficient (Wildman–Crippen LogP) is -0.0557. The molecule has 1 aromatic rings. The summed E-state index contributed by atoms with van der Waals surface area (Å²) < 4.78 is 5.49. The number of nitrogens with zero attached hydrogens (tertiary/aromatic N) is 2. The molecule has 0 atom stereocenters. The number of aromatic nitrogens is 1. The van der Waals surface area contributed by atoms with Crippen molar-refractivity contribution in [1.82, 2.24) is 15.2 Å². The summed E-state index contributed by atoms with van der Waals surface area (Å²) in [5.41, 5.74) is 6.27. The third-order valence-corrected chi connectivity index (χ3v) is 2.58. The molecule has 6 heteroatoms. The van der Waals surface area contributed by atoms with Gasteiger partial charge in [0.1, 0.15) is 12.4 Å². The van der Waals surface area contributed by atoms with E-state index in [4.69, 9.17) is 10.5 Å². The van der Waals surface area contributed by atoms with E-state index in [1.807, 2.05) is 12.1 Å². The molecular formula is C11H16N4O2. The second kappa shape index (κ2) is 5.49. The number of amides is 2. The van der Waals surface area contributed by atoms with Crippen molar-refractivity contribution < 1.29 is 9.53 Å². The van der Waals surface area contributed by atoms with E-state index in [0.717, 1.165) is 12.2 Å². The molecule has 0 saturated carbocycles. The third kappa shape index (κ3) is 3.07. The van der Waals surface area contributed by atoms with Crippen LogP contribution in [0.3, 0.4) is 0 Å². The molecule has 1 saturated heterocycles. The molecule has 2 rings (SSSR count). The van der Waals surface area contributed by atoms with E-state index in [9.17, 15) is 4.79 Å². The van der Waals surface area contributed by atoms with E-state index in [0.29, 0.717) is 32.0 Å². The van der Waals surface area contributed by atoms with Crippen molar-refractivity contribution in [3.05, 3.63) is 24.0 Å². The Hall–Kier alpha value is -1.82. The standard InChI is InChI=1S/C11H16N4O2/c12-7-9-1-2-10(8-14-9)17-6-5-15-4-3-13-11(15)16/h1-2,8H,3-7,12H2,(H,13,16). The lowest BCUT2D eigenvalue weighted by molar-refractivity contribution is 0.202. The lowest BCUT2D eigenvalue weighted by Gasteiger charge is -2.14. The quantitative estimate of drug-likeness (QED) is 0.750. The summed E-state index contributed by atoms with van der Waals surface area (Å²) in [5.74, 6) is 0.696. The number of rotatable bonds is 5. The van der Waals surface area contributed by atoms with E-state index in [1.165, 1.54) is 0 Å². The minimum absolute atomic E-state index is 0.0230. The van der Waals surface area contributed by atoms with Gasteiger partial charge in [0.2, 0.25) is 0 Å². The summed E-state index contributed by atoms with van der Waals surface area (Å²) in [6, 6.07) is 3.64. The monoisotopic (exact) mass is 236 g/mol. The molecular weight excluding hydrogens is 220 g/mol. The molecule has 1 aliphatic heterocycles. The number of carbonyl (C=O) groups is 1. The highest BCUT2D eigenvalue weighted by Gasteiger charge is 2.18. The third-order valence-electron chi connectivity index (χ3n) is 2.58. The van der Waals surface area contributed by atoms with Crippen molar-refractivity contribution in [3.8, 4) is 5.75 Å². The first kappa shape index (κ1) is 11.7. The van der Waals surface area contributed by atoms with Crippen molar-refractivity contribution in [1.29, 1.82) is 0 Å². The predicted molar refractivity (Wildman–Crippen MR) is 62.6 cm³/mol. The van der Waals surface area contributed by atoms with E-state index < -0.39 is 0 Å². The highest BCUT2D eigenvalue weighted by molar-refractivity contribution is 5.76. The number of pyridine rings is 1. The molecule has 2 amide bonds. The first-order chi connectivity index (χ1) is 8.29. The molecule has 2 heterocycles. The largest absolute Gasteiger partial charge is 0.490 e. The van der Waals surface area contributed by atoms with Crippen molar-refractivity contribution in [2.45, 2.75) is 6.54 Å². The second-order valence-corrected chi connectivity index (χ2v) is 3.76. The topological polar surface area (TPSA) is 80.5 Å². The fraction of sp³-hybridized carbons (Fsp3) is 0.455. The van der Waals surface area contributed by atoms with Gasteiger partial charge in [0.15, 0.2) is 0 Å². The maximum Gasteiger partial charge on any atom is 0.317 e. The zero-order valence-corrected chi connectivity index (χ0v) is 9.56. The molecule has 0 radical (unpaired) electrons. The van der Waals surface area contributed by atoms with Gasteiger partial charge in [-0.2, -0.15) is 0 Å². The fourth-order valence-electron chi connectivity index (χ4n) is 1.62. The zero-order valence-electron chi connectivity index (χ0n) is 9.56. The van der Waals surface area contributed by atoms with Crippen LogP contribution in [0.4, 0.5) is 4.79 Å². The van der Waals surface area contributed by atoms with Gasteiger partial charge < -0.3 is 20.7 Å². The summed E-state index contributed by atoms with van der Waals surface area (Å²) in [6.45, 7) is 2.94. The summed E-state index contributed by atoms with van der Waals surface area (Å²) in [7, 11) is 0. The van der Waals surface area contributed by atoms with Crippen LogP contribution in [0.25, 0.3) is 0 Å². The Kier molecular flexibility index (Phi) is 3.77. The van der Waals surface area contributed by atoms with Gasteiger partial charge in [-0.05, 0) is 12.1 Å². The Bertz CT molecular complexity index is 380. The Morgan fingerprint density at radius 1 is 1.53 bits per heavy atom. The van der Waals surface area contributed by atoms with Crippen molar-refractivity contribution in [2.75, 3.05) is 26.2 Å². The summed E-state index contributed by atoms with van der Waals surface area (Å²) in [5, 5.41) is 2.74. The van der Waals surface area contributed by atoms with Crippen LogP contribution in [0.15, 0.2) is 18.3 Å². The number of hydrogen-bond acceptors (Lipinski definition) is 4. The smallest absolute Gasteiger partial charge is 0.317 e. The van der Waals surface area contributed by atoms with Gasteiger partial charge >= 0.3 is 6.03 Å². The van der Waals surface area contributed by atoms with Gasteiger partial charge in [-0.3, -0.25) is 4.98 Å². The van der Waals surface area contributed by atoms with E-state index in [-0.39, 0.29) is 6.03 Å². The molecule has 0 aromatic carbocycles. The van der Waals surface area contributed by atoms with Crippen LogP contribution in [0.5, 0.6) is 5.75 Å². The van der Waals surface area contributed by atoms with Crippen LogP contribution in [0, 0.1) is 0 Å². The van der Waals surface area contributed by atoms with Crippen molar-refractivity contribution in [2.24, 2.45) is 5.73 Å². The van der Waals surface area contributed by atoms with Gasteiger partial charge in [0, 0.05) is 19.6 Å². The molecule has 0 spiro atoms. The Labute approximate surface area is 99.8 Å². The van der Waals surface area contributed by atoms with Gasteiger partial charge in [0.25, 0.3) is 0 Å². The minimum Gasteiger partial charge on any atom is -0.490 e. The molecule has 92 valence electrons. The molecule has 17 heavy (non-hydrogen) atoms. The lowest BCUT2D eigenvalue weighted by Crippen LogP contribution is -2.31. The van der Waals surface area contributed by atoms with Crippen LogP contribution in [0.1, 0.15) is 5.69 Å². The highest BCUT2D eigenvalue weighted by Crippen LogP contribution is 2.09. The van der Waals surface area contributed by atoms with E-state index in [2.05, 4.69) is 10.3 Å². The number of nitrogens with one attached hydrogen (secondary N) is 1. The van der Waals surface area contributed by atoms with Crippen molar-refractivity contribution in [3.63, 3.8) is 0 Å². The number of hydrogen-bond donors (Lipinski definition) is 2. The maximum absolute atomic E-state index is 11.2. The minimum atomic E-state index is -0.0230. The molecule has 1 aliphatic rings. The van der Waals surface area contributed by atoms with Gasteiger partial charge in [-0.15, -0.1) is 0 Å². The lowest BCUT2D eigenvalue weighted by atomic mass is 10.3. The molecule has 0 unspecified atom stereocenters. The normalized spacial score (nSPS) is 14.9. The SMILES string of the molecule is NCc1ccc(OCCN2CCNC2=O)cn1. The van der Waals surface area contributed by atoms with Crippen molar-refractivity contribution >= 4 is 6.03 Å². The summed E-state index contributed by atoms with van der Waals surface area (Å²) >= 11 is 0. The first-order valence-electron chi connectivity index (χ1n) is 5.60. The van der Waals surface area contributed by atoms with Crippen LogP contribution in [0.2, 0.25) is 0 Å². The molecule has 6 nitrogen and oxygen atoms in total. The summed E-state index contributed by atoms with van der Waals surface area (Å²) in [4.78, 5) is 17.1. The molecule has 0 bridgehead atoms. The van der Waals surface area contributed by atoms with Crippen LogP contribution in [-0.2, 0) is 6.54 Å². The second-order valence-electron chi connectivity index (χ2n) is 3.76. The van der Waals surface area contributed by atoms with Gasteiger partial charge in [-0.1, -0.05) is 0 Å². The van der Waals surface area contributed by atoms with Crippen LogP contribution >= 0.6 is 0 Å².